The highest BCUT2D eigenvalue weighted by molar-refractivity contribution is 7.15. The zero-order valence-electron chi connectivity index (χ0n) is 22.8. The maximum absolute atomic E-state index is 14.0. The molecule has 2 saturated carbocycles. The van der Waals surface area contributed by atoms with Crippen LogP contribution >= 0.6 is 11.3 Å². The van der Waals surface area contributed by atoms with Crippen molar-refractivity contribution in [3.8, 4) is 17.6 Å². The van der Waals surface area contributed by atoms with Crippen molar-refractivity contribution in [1.29, 1.82) is 0 Å². The molecule has 2 aliphatic carbocycles. The molecule has 7 heteroatoms. The fourth-order valence-electron chi connectivity index (χ4n) is 5.11. The first-order valence-corrected chi connectivity index (χ1v) is 14.4. The van der Waals surface area contributed by atoms with Crippen LogP contribution in [0.15, 0.2) is 41.6 Å². The molecular weight excluding hydrogens is 496 g/mol. The van der Waals surface area contributed by atoms with Gasteiger partial charge < -0.3 is 14.8 Å². The molecule has 2 aromatic rings. The van der Waals surface area contributed by atoms with E-state index in [9.17, 15) is 14.7 Å². The largest absolute Gasteiger partial charge is 0.477 e. The van der Waals surface area contributed by atoms with E-state index in [1.165, 1.54) is 0 Å². The lowest BCUT2D eigenvalue weighted by molar-refractivity contribution is -0.124. The summed E-state index contributed by atoms with van der Waals surface area (Å²) < 4.78 is 0. The molecule has 2 fully saturated rings. The summed E-state index contributed by atoms with van der Waals surface area (Å²) in [6.07, 6.45) is 6.58. The van der Waals surface area contributed by atoms with Gasteiger partial charge in [-0.25, -0.2) is 4.79 Å². The van der Waals surface area contributed by atoms with Crippen LogP contribution < -0.4 is 9.74 Å². The van der Waals surface area contributed by atoms with Gasteiger partial charge in [0.2, 0.25) is 5.91 Å². The van der Waals surface area contributed by atoms with Gasteiger partial charge in [-0.1, -0.05) is 42.1 Å². The first-order valence-electron chi connectivity index (χ1n) is 13.6. The van der Waals surface area contributed by atoms with Crippen LogP contribution in [0.1, 0.15) is 93.6 Å². The topological polar surface area (TPSA) is 79.2 Å². The van der Waals surface area contributed by atoms with Crippen LogP contribution in [0.5, 0.6) is 5.75 Å². The van der Waals surface area contributed by atoms with Gasteiger partial charge in [0.25, 0.3) is 0 Å². The fraction of sp³-hybridized carbons (Fsp3) is 0.516. The van der Waals surface area contributed by atoms with E-state index in [1.54, 1.807) is 0 Å². The molecule has 0 aliphatic heterocycles. The number of hydrogen-bond acceptors (Lipinski definition) is 5. The van der Waals surface area contributed by atoms with E-state index >= 15 is 0 Å². The van der Waals surface area contributed by atoms with E-state index < -0.39 is 5.97 Å². The number of hydrogen-bond donors (Lipinski definition) is 1. The molecule has 0 spiro atoms. The Bertz CT molecular complexity index is 1210. The smallest absolute Gasteiger partial charge is 0.348 e. The van der Waals surface area contributed by atoms with Crippen LogP contribution in [0.2, 0.25) is 0 Å². The number of thiophene rings is 1. The molecule has 1 N–H and O–H groups in total. The van der Waals surface area contributed by atoms with Gasteiger partial charge in [-0.15, -0.1) is 11.3 Å². The van der Waals surface area contributed by atoms with Crippen LogP contribution in [-0.2, 0) is 4.79 Å². The minimum atomic E-state index is -1.02. The summed E-state index contributed by atoms with van der Waals surface area (Å²) in [5.41, 5.74) is 1.25. The second-order valence-corrected chi connectivity index (χ2v) is 12.6. The number of oxime groups is 1. The van der Waals surface area contributed by atoms with Crippen molar-refractivity contribution in [2.75, 3.05) is 4.90 Å². The summed E-state index contributed by atoms with van der Waals surface area (Å²) in [5, 5.41) is 14.5. The fourth-order valence-corrected chi connectivity index (χ4v) is 5.95. The average Bonchev–Trinajstić information content (AvgIpc) is 3.32. The summed E-state index contributed by atoms with van der Waals surface area (Å²) in [6, 6.07) is 11.2. The van der Waals surface area contributed by atoms with E-state index in [-0.39, 0.29) is 28.2 Å². The van der Waals surface area contributed by atoms with E-state index in [1.807, 2.05) is 62.1 Å². The number of carbonyl (C=O) groups excluding carboxylic acids is 1. The monoisotopic (exact) mass is 534 g/mol. The number of benzene rings is 1. The van der Waals surface area contributed by atoms with Crippen LogP contribution in [-0.4, -0.2) is 28.7 Å². The van der Waals surface area contributed by atoms with Gasteiger partial charge in [-0.2, -0.15) is 0 Å². The lowest BCUT2D eigenvalue weighted by Crippen LogP contribution is -2.46. The lowest BCUT2D eigenvalue weighted by Gasteiger charge is -2.38. The molecule has 1 amide bonds. The Morgan fingerprint density at radius 2 is 1.71 bits per heavy atom. The predicted octanol–water partition coefficient (Wildman–Crippen LogP) is 7.38. The molecule has 202 valence electrons. The number of carboxylic acids is 1. The van der Waals surface area contributed by atoms with Crippen LogP contribution in [0.25, 0.3) is 0 Å². The molecule has 0 atom stereocenters. The van der Waals surface area contributed by atoms with Crippen LogP contribution in [0.3, 0.4) is 0 Å². The van der Waals surface area contributed by atoms with Crippen molar-refractivity contribution in [2.45, 2.75) is 85.1 Å². The summed E-state index contributed by atoms with van der Waals surface area (Å²) in [6.45, 7) is 8.30. The lowest BCUT2D eigenvalue weighted by atomic mass is 9.81. The SMILES string of the molecule is CC(C)(C)C#Cc1cc(N(C(=O)[C@H]2CC[C@H](C)CC2)C2CCC(=NOc3ccccc3)CC2)c(C(=O)O)s1. The molecular formula is C31H38N2O4S. The van der Waals surface area contributed by atoms with E-state index in [2.05, 4.69) is 23.9 Å². The first kappa shape index (κ1) is 27.9. The number of anilines is 1. The summed E-state index contributed by atoms with van der Waals surface area (Å²) in [7, 11) is 0. The van der Waals surface area contributed by atoms with Crippen molar-refractivity contribution in [1.82, 2.24) is 0 Å². The molecule has 0 bridgehead atoms. The predicted molar refractivity (Wildman–Crippen MR) is 153 cm³/mol. The highest BCUT2D eigenvalue weighted by atomic mass is 32.1. The Kier molecular flexibility index (Phi) is 8.94. The zero-order chi connectivity index (χ0) is 27.3. The third-order valence-corrected chi connectivity index (χ3v) is 8.28. The Labute approximate surface area is 230 Å². The van der Waals surface area contributed by atoms with E-state index in [0.29, 0.717) is 47.9 Å². The third-order valence-electron chi connectivity index (χ3n) is 7.25. The Morgan fingerprint density at radius 1 is 1.05 bits per heavy atom. The van der Waals surface area contributed by atoms with Crippen molar-refractivity contribution in [3.63, 3.8) is 0 Å². The normalized spacial score (nSPS) is 21.7. The maximum Gasteiger partial charge on any atom is 0.348 e. The highest BCUT2D eigenvalue weighted by Crippen LogP contribution is 2.38. The van der Waals surface area contributed by atoms with Gasteiger partial charge in [0.1, 0.15) is 4.88 Å². The van der Waals surface area contributed by atoms with Crippen molar-refractivity contribution in [3.05, 3.63) is 46.2 Å². The Morgan fingerprint density at radius 3 is 2.32 bits per heavy atom. The van der Waals surface area contributed by atoms with Crippen LogP contribution in [0, 0.1) is 29.1 Å². The minimum absolute atomic E-state index is 0.0541. The number of amides is 1. The Hall–Kier alpha value is -3.11. The second kappa shape index (κ2) is 12.2. The number of rotatable bonds is 6. The number of aromatic carboxylic acids is 1. The molecule has 38 heavy (non-hydrogen) atoms. The van der Waals surface area contributed by atoms with Gasteiger partial charge in [-0.05, 0) is 96.3 Å². The van der Waals surface area contributed by atoms with Gasteiger partial charge in [0.05, 0.1) is 16.3 Å². The quantitative estimate of drug-likeness (QED) is 0.310. The van der Waals surface area contributed by atoms with Crippen molar-refractivity contribution >= 4 is 34.6 Å². The van der Waals surface area contributed by atoms with E-state index in [0.717, 1.165) is 42.7 Å². The number of carboxylic acid groups (broad SMARTS) is 1. The van der Waals surface area contributed by atoms with Gasteiger partial charge in [0.15, 0.2) is 5.75 Å². The number of carbonyl (C=O) groups is 2. The maximum atomic E-state index is 14.0. The average molecular weight is 535 g/mol. The molecule has 1 aromatic heterocycles. The van der Waals surface area contributed by atoms with Crippen molar-refractivity contribution in [2.24, 2.45) is 22.4 Å². The minimum Gasteiger partial charge on any atom is -0.477 e. The van der Waals surface area contributed by atoms with Crippen LogP contribution in [0.4, 0.5) is 5.69 Å². The van der Waals surface area contributed by atoms with E-state index in [4.69, 9.17) is 4.84 Å². The molecule has 1 aromatic carbocycles. The third kappa shape index (κ3) is 7.26. The standard InChI is InChI=1S/C31H38N2O4S/c1-21-10-12-22(13-11-21)29(34)33(27-20-26(18-19-31(2,3)4)38-28(27)30(35)36)24-16-14-23(15-17-24)32-37-25-8-6-5-7-9-25/h5-9,20-22,24H,10-17H2,1-4H3,(H,35,36)/t21-,22-,24?. The number of nitrogens with zero attached hydrogens (tertiary/aromatic N) is 2. The summed E-state index contributed by atoms with van der Waals surface area (Å²) in [4.78, 5) is 34.7. The zero-order valence-corrected chi connectivity index (χ0v) is 23.6. The summed E-state index contributed by atoms with van der Waals surface area (Å²) in [5.74, 6) is 6.64. The molecule has 0 saturated heterocycles. The molecule has 1 heterocycles. The van der Waals surface area contributed by atoms with Gasteiger partial charge in [0, 0.05) is 17.4 Å². The summed E-state index contributed by atoms with van der Waals surface area (Å²) >= 11 is 1.16. The molecule has 6 nitrogen and oxygen atoms in total. The highest BCUT2D eigenvalue weighted by Gasteiger charge is 2.37. The molecule has 2 aliphatic rings. The number of para-hydroxylation sites is 1. The molecule has 4 rings (SSSR count). The Balaban J connectivity index is 1.61. The first-order chi connectivity index (χ1) is 18.1. The van der Waals surface area contributed by atoms with Gasteiger partial charge in [-0.3, -0.25) is 4.79 Å². The van der Waals surface area contributed by atoms with Gasteiger partial charge >= 0.3 is 5.97 Å². The van der Waals surface area contributed by atoms with Crippen molar-refractivity contribution < 1.29 is 19.5 Å². The molecule has 0 radical (unpaired) electrons. The second-order valence-electron chi connectivity index (χ2n) is 11.6. The molecule has 0 unspecified atom stereocenters.